The molecule has 0 heterocycles. The van der Waals surface area contributed by atoms with Crippen molar-refractivity contribution in [2.24, 2.45) is 0 Å². The van der Waals surface area contributed by atoms with Gasteiger partial charge in [0.25, 0.3) is 0 Å². The molecule has 1 amide bonds. The topological polar surface area (TPSA) is 113 Å². The smallest absolute Gasteiger partial charge is 0.243 e. The summed E-state index contributed by atoms with van der Waals surface area (Å²) >= 11 is 0. The molecule has 3 rings (SSSR count). The summed E-state index contributed by atoms with van der Waals surface area (Å²) in [6.45, 7) is -0.265. The molecule has 0 atom stereocenters. The highest BCUT2D eigenvalue weighted by molar-refractivity contribution is 7.89. The second kappa shape index (κ2) is 11.7. The first-order chi connectivity index (χ1) is 17.0. The average Bonchev–Trinajstić information content (AvgIpc) is 2.88. The van der Waals surface area contributed by atoms with Gasteiger partial charge in [-0.05, 0) is 47.5 Å². The Hall–Kier alpha value is -3.25. The number of hydrogen-bond acceptors (Lipinski definition) is 6. The van der Waals surface area contributed by atoms with Crippen LogP contribution in [0.15, 0.2) is 88.7 Å². The summed E-state index contributed by atoms with van der Waals surface area (Å²) in [5, 5.41) is 2.71. The number of hydrogen-bond donors (Lipinski definition) is 1. The maximum absolute atomic E-state index is 13.4. The fourth-order valence-electron chi connectivity index (χ4n) is 3.32. The Morgan fingerprint density at radius 1 is 0.778 bits per heavy atom. The van der Waals surface area contributed by atoms with E-state index in [4.69, 9.17) is 4.74 Å². The molecule has 0 saturated carbocycles. The Balaban J connectivity index is 1.74. The Morgan fingerprint density at radius 3 is 1.89 bits per heavy atom. The largest absolute Gasteiger partial charge is 0.497 e. The van der Waals surface area contributed by atoms with Gasteiger partial charge in [-0.15, -0.1) is 0 Å². The molecule has 0 aliphatic heterocycles. The van der Waals surface area contributed by atoms with Crippen LogP contribution in [0.5, 0.6) is 5.75 Å². The average molecular weight is 532 g/mol. The third-order valence-corrected chi connectivity index (χ3v) is 9.05. The van der Waals surface area contributed by atoms with Gasteiger partial charge in [0.05, 0.1) is 23.4 Å². The Labute approximate surface area is 212 Å². The third-order valence-electron chi connectivity index (χ3n) is 5.41. The number of carbonyl (C=O) groups is 1. The van der Waals surface area contributed by atoms with Gasteiger partial charge in [0.2, 0.25) is 26.0 Å². The van der Waals surface area contributed by atoms with Crippen LogP contribution in [-0.2, 0) is 37.9 Å². The maximum Gasteiger partial charge on any atom is 0.243 e. The lowest BCUT2D eigenvalue weighted by Gasteiger charge is -2.22. The lowest BCUT2D eigenvalue weighted by atomic mass is 10.2. The minimum absolute atomic E-state index is 0.0136. The zero-order valence-corrected chi connectivity index (χ0v) is 21.9. The van der Waals surface area contributed by atoms with Crippen molar-refractivity contribution in [2.75, 3.05) is 27.7 Å². The number of nitrogens with one attached hydrogen (secondary N) is 1. The van der Waals surface area contributed by atoms with Gasteiger partial charge in [-0.1, -0.05) is 42.5 Å². The van der Waals surface area contributed by atoms with Gasteiger partial charge >= 0.3 is 0 Å². The first-order valence-electron chi connectivity index (χ1n) is 11.0. The van der Waals surface area contributed by atoms with Crippen LogP contribution in [0, 0.1) is 0 Å². The molecule has 11 heteroatoms. The standard InChI is InChI=1S/C25H29N3O6S2/c1-27(2)35(30,31)23-13-9-20(10-14-23)17-26-25(29)19-28(18-21-7-5-4-6-8-21)36(32,33)24-15-11-22(34-3)12-16-24/h4-16H,17-19H2,1-3H3,(H,26,29). The van der Waals surface area contributed by atoms with Crippen LogP contribution >= 0.6 is 0 Å². The molecule has 192 valence electrons. The van der Waals surface area contributed by atoms with E-state index in [-0.39, 0.29) is 22.9 Å². The van der Waals surface area contributed by atoms with Crippen molar-refractivity contribution < 1.29 is 26.4 Å². The van der Waals surface area contributed by atoms with Crippen LogP contribution in [0.25, 0.3) is 0 Å². The van der Waals surface area contributed by atoms with Crippen molar-refractivity contribution >= 4 is 26.0 Å². The molecule has 0 radical (unpaired) electrons. The molecule has 3 aromatic rings. The van der Waals surface area contributed by atoms with Crippen LogP contribution in [-0.4, -0.2) is 59.1 Å². The molecule has 0 aromatic heterocycles. The summed E-state index contributed by atoms with van der Waals surface area (Å²) in [4.78, 5) is 13.0. The quantitative estimate of drug-likeness (QED) is 0.407. The highest BCUT2D eigenvalue weighted by atomic mass is 32.2. The van der Waals surface area contributed by atoms with E-state index in [0.29, 0.717) is 11.3 Å². The number of carbonyl (C=O) groups excluding carboxylic acids is 1. The monoisotopic (exact) mass is 531 g/mol. The molecule has 36 heavy (non-hydrogen) atoms. The van der Waals surface area contributed by atoms with Gasteiger partial charge in [-0.3, -0.25) is 4.79 Å². The molecule has 0 unspecified atom stereocenters. The summed E-state index contributed by atoms with van der Waals surface area (Å²) in [7, 11) is -3.15. The highest BCUT2D eigenvalue weighted by Crippen LogP contribution is 2.21. The number of amides is 1. The van der Waals surface area contributed by atoms with Crippen molar-refractivity contribution in [1.82, 2.24) is 13.9 Å². The van der Waals surface area contributed by atoms with E-state index in [1.807, 2.05) is 6.07 Å². The number of methoxy groups -OCH3 is 1. The van der Waals surface area contributed by atoms with E-state index >= 15 is 0 Å². The van der Waals surface area contributed by atoms with Gasteiger partial charge in [0.1, 0.15) is 5.75 Å². The SMILES string of the molecule is COc1ccc(S(=O)(=O)N(CC(=O)NCc2ccc(S(=O)(=O)N(C)C)cc2)Cc2ccccc2)cc1. The van der Waals surface area contributed by atoms with Crippen molar-refractivity contribution in [3.8, 4) is 5.75 Å². The van der Waals surface area contributed by atoms with Crippen molar-refractivity contribution in [1.29, 1.82) is 0 Å². The zero-order valence-electron chi connectivity index (χ0n) is 20.3. The summed E-state index contributed by atoms with van der Waals surface area (Å²) in [6, 6.07) is 21.1. The first kappa shape index (κ1) is 27.3. The predicted molar refractivity (Wildman–Crippen MR) is 136 cm³/mol. The number of ether oxygens (including phenoxy) is 1. The Kier molecular flexibility index (Phi) is 8.85. The van der Waals surface area contributed by atoms with Crippen LogP contribution in [0.1, 0.15) is 11.1 Å². The van der Waals surface area contributed by atoms with Crippen LogP contribution in [0.4, 0.5) is 0 Å². The van der Waals surface area contributed by atoms with Crippen molar-refractivity contribution in [3.05, 3.63) is 90.0 Å². The number of benzene rings is 3. The fourth-order valence-corrected chi connectivity index (χ4v) is 5.60. The minimum Gasteiger partial charge on any atom is -0.497 e. The van der Waals surface area contributed by atoms with E-state index in [2.05, 4.69) is 5.32 Å². The van der Waals surface area contributed by atoms with Crippen molar-refractivity contribution in [2.45, 2.75) is 22.9 Å². The molecule has 0 aliphatic carbocycles. The maximum atomic E-state index is 13.4. The summed E-state index contributed by atoms with van der Waals surface area (Å²) < 4.78 is 58.5. The lowest BCUT2D eigenvalue weighted by Crippen LogP contribution is -2.40. The summed E-state index contributed by atoms with van der Waals surface area (Å²) in [5.41, 5.74) is 1.41. The minimum atomic E-state index is -3.99. The highest BCUT2D eigenvalue weighted by Gasteiger charge is 2.27. The van der Waals surface area contributed by atoms with Gasteiger partial charge < -0.3 is 10.1 Å². The molecule has 0 aliphatic rings. The number of nitrogens with zero attached hydrogens (tertiary/aromatic N) is 2. The molecule has 0 fully saturated rings. The fraction of sp³-hybridized carbons (Fsp3) is 0.240. The first-order valence-corrected chi connectivity index (χ1v) is 13.9. The molecule has 0 spiro atoms. The molecule has 0 saturated heterocycles. The second-order valence-electron chi connectivity index (χ2n) is 8.14. The Bertz CT molecular complexity index is 1370. The third kappa shape index (κ3) is 6.70. The van der Waals surface area contributed by atoms with Crippen LogP contribution < -0.4 is 10.1 Å². The molecule has 0 bridgehead atoms. The van der Waals surface area contributed by atoms with Gasteiger partial charge in [-0.2, -0.15) is 4.31 Å². The number of rotatable bonds is 11. The van der Waals surface area contributed by atoms with Gasteiger partial charge in [-0.25, -0.2) is 21.1 Å². The van der Waals surface area contributed by atoms with E-state index in [9.17, 15) is 21.6 Å². The predicted octanol–water partition coefficient (Wildman–Crippen LogP) is 2.45. The number of sulfonamides is 2. The Morgan fingerprint density at radius 2 is 1.33 bits per heavy atom. The molecule has 3 aromatic carbocycles. The molecular formula is C25H29N3O6S2. The summed E-state index contributed by atoms with van der Waals surface area (Å²) in [6.07, 6.45) is 0. The molecule has 1 N–H and O–H groups in total. The van der Waals surface area contributed by atoms with E-state index < -0.39 is 32.5 Å². The van der Waals surface area contributed by atoms with Gasteiger partial charge in [0, 0.05) is 27.2 Å². The van der Waals surface area contributed by atoms with Crippen molar-refractivity contribution in [3.63, 3.8) is 0 Å². The van der Waals surface area contributed by atoms with E-state index in [0.717, 1.165) is 14.2 Å². The van der Waals surface area contributed by atoms with Gasteiger partial charge in [0.15, 0.2) is 0 Å². The van der Waals surface area contributed by atoms with E-state index in [1.165, 1.54) is 45.5 Å². The van der Waals surface area contributed by atoms with E-state index in [1.54, 1.807) is 48.5 Å². The molecular weight excluding hydrogens is 502 g/mol. The zero-order chi connectivity index (χ0) is 26.3. The lowest BCUT2D eigenvalue weighted by molar-refractivity contribution is -0.121. The second-order valence-corrected chi connectivity index (χ2v) is 12.2. The molecule has 9 nitrogen and oxygen atoms in total. The van der Waals surface area contributed by atoms with Crippen LogP contribution in [0.3, 0.4) is 0 Å². The normalized spacial score (nSPS) is 12.0. The van der Waals surface area contributed by atoms with Crippen LogP contribution in [0.2, 0.25) is 0 Å². The summed E-state index contributed by atoms with van der Waals surface area (Å²) in [5.74, 6) is 0.0266.